The van der Waals surface area contributed by atoms with Gasteiger partial charge in [-0.25, -0.2) is 0 Å². The third kappa shape index (κ3) is 3.20. The van der Waals surface area contributed by atoms with Crippen LogP contribution in [0.3, 0.4) is 0 Å². The van der Waals surface area contributed by atoms with Crippen molar-refractivity contribution in [3.63, 3.8) is 0 Å². The van der Waals surface area contributed by atoms with Crippen LogP contribution >= 0.6 is 7.60 Å². The molecule has 1 aromatic carbocycles. The number of rotatable bonds is 4. The van der Waals surface area contributed by atoms with Gasteiger partial charge in [0, 0.05) is 0 Å². The van der Waals surface area contributed by atoms with E-state index >= 15 is 0 Å². The van der Waals surface area contributed by atoms with Crippen molar-refractivity contribution in [1.29, 1.82) is 0 Å². The summed E-state index contributed by atoms with van der Waals surface area (Å²) in [5, 5.41) is 0. The number of halogens is 2. The molecule has 2 aliphatic rings. The van der Waals surface area contributed by atoms with Crippen LogP contribution in [0.1, 0.15) is 32.6 Å². The molecule has 1 aliphatic heterocycles. The Morgan fingerprint density at radius 3 is 2.52 bits per heavy atom. The van der Waals surface area contributed by atoms with Gasteiger partial charge in [0.05, 0.1) is 0 Å². The summed E-state index contributed by atoms with van der Waals surface area (Å²) >= 11 is -0.285. The first kappa shape index (κ1) is 17.3. The fraction of sp³-hybridized carbons (Fsp3) is 0.500. The van der Waals surface area contributed by atoms with E-state index in [2.05, 4.69) is 0 Å². The minimum atomic E-state index is -4.47. The molecule has 7 heteroatoms. The molecule has 0 radical (unpaired) electrons. The molecular formula is C16H19F2O3PSe. The van der Waals surface area contributed by atoms with Crippen molar-refractivity contribution < 1.29 is 22.4 Å². The topological polar surface area (TPSA) is 35.5 Å². The molecule has 0 aromatic heterocycles. The summed E-state index contributed by atoms with van der Waals surface area (Å²) in [5.74, 6) is 0. The van der Waals surface area contributed by atoms with Crippen LogP contribution in [0.2, 0.25) is 0 Å². The van der Waals surface area contributed by atoms with Gasteiger partial charge in [-0.05, 0) is 0 Å². The van der Waals surface area contributed by atoms with Gasteiger partial charge in [0.1, 0.15) is 0 Å². The SMILES string of the molecule is CCOP1(=O)OC2(CCCC2)C([Se]c2ccccc2)=CC1(F)F. The van der Waals surface area contributed by atoms with Gasteiger partial charge in [-0.1, -0.05) is 0 Å². The van der Waals surface area contributed by atoms with Gasteiger partial charge in [-0.3, -0.25) is 0 Å². The summed E-state index contributed by atoms with van der Waals surface area (Å²) in [4.78, 5) is 0. The van der Waals surface area contributed by atoms with Gasteiger partial charge in [0.15, 0.2) is 0 Å². The number of hydrogen-bond donors (Lipinski definition) is 0. The Hall–Kier alpha value is -0.511. The van der Waals surface area contributed by atoms with Gasteiger partial charge >= 0.3 is 141 Å². The molecule has 1 fully saturated rings. The molecule has 126 valence electrons. The summed E-state index contributed by atoms with van der Waals surface area (Å²) in [6.45, 7) is 1.49. The Bertz CT molecular complexity index is 642. The molecule has 0 bridgehead atoms. The average Bonchev–Trinajstić information content (AvgIpc) is 2.95. The summed E-state index contributed by atoms with van der Waals surface area (Å²) in [5.41, 5.74) is -4.41. The van der Waals surface area contributed by atoms with Crippen LogP contribution in [-0.4, -0.2) is 32.8 Å². The molecule has 0 N–H and O–H groups in total. The van der Waals surface area contributed by atoms with Gasteiger partial charge in [-0.15, -0.1) is 0 Å². The molecule has 3 rings (SSSR count). The molecule has 1 aromatic rings. The Balaban J connectivity index is 2.01. The zero-order valence-corrected chi connectivity index (χ0v) is 15.4. The molecule has 1 aliphatic carbocycles. The van der Waals surface area contributed by atoms with Crippen molar-refractivity contribution in [2.75, 3.05) is 6.61 Å². The molecule has 0 saturated heterocycles. The molecule has 3 nitrogen and oxygen atoms in total. The van der Waals surface area contributed by atoms with Gasteiger partial charge < -0.3 is 0 Å². The van der Waals surface area contributed by atoms with Crippen LogP contribution in [0.5, 0.6) is 0 Å². The van der Waals surface area contributed by atoms with Crippen LogP contribution in [0.15, 0.2) is 40.9 Å². The normalized spacial score (nSPS) is 28.7. The summed E-state index contributed by atoms with van der Waals surface area (Å²) in [6, 6.07) is 9.54. The zero-order chi connectivity index (χ0) is 16.6. The molecule has 1 unspecified atom stereocenters. The second-order valence-corrected chi connectivity index (χ2v) is 10.1. The fourth-order valence-electron chi connectivity index (χ4n) is 3.01. The molecule has 0 amide bonds. The fourth-order valence-corrected chi connectivity index (χ4v) is 7.55. The second-order valence-electron chi connectivity index (χ2n) is 5.72. The summed E-state index contributed by atoms with van der Waals surface area (Å²) < 4.78 is 53.6. The second kappa shape index (κ2) is 6.42. The van der Waals surface area contributed by atoms with Crippen molar-refractivity contribution in [2.45, 2.75) is 43.9 Å². The van der Waals surface area contributed by atoms with Crippen LogP contribution in [0.4, 0.5) is 8.78 Å². The summed E-state index contributed by atoms with van der Waals surface area (Å²) in [6.07, 6.45) is 3.91. The first-order chi connectivity index (χ1) is 10.9. The number of allylic oxidation sites excluding steroid dienone is 1. The van der Waals surface area contributed by atoms with Gasteiger partial charge in [0.2, 0.25) is 0 Å². The predicted molar refractivity (Wildman–Crippen MR) is 86.4 cm³/mol. The minimum absolute atomic E-state index is 0.0596. The Kier molecular flexibility index (Phi) is 4.83. The standard InChI is InChI=1S/C16H19F2O3PSe/c1-2-20-22(19)16(17,18)12-14(15(21-22)10-6-7-11-15)23-13-8-4-3-5-9-13/h3-5,8-9,12H,2,6-7,10-11H2,1H3. The van der Waals surface area contributed by atoms with Crippen molar-refractivity contribution in [1.82, 2.24) is 0 Å². The first-order valence-electron chi connectivity index (χ1n) is 7.70. The van der Waals surface area contributed by atoms with Crippen molar-refractivity contribution >= 4 is 27.0 Å². The first-order valence-corrected chi connectivity index (χ1v) is 11.0. The van der Waals surface area contributed by atoms with Crippen molar-refractivity contribution in [2.24, 2.45) is 0 Å². The predicted octanol–water partition coefficient (Wildman–Crippen LogP) is 4.07. The van der Waals surface area contributed by atoms with Crippen molar-refractivity contribution in [3.05, 3.63) is 40.9 Å². The molecular weight excluding hydrogens is 388 g/mol. The summed E-state index contributed by atoms with van der Waals surface area (Å²) in [7, 11) is -4.47. The van der Waals surface area contributed by atoms with Crippen LogP contribution in [-0.2, 0) is 13.6 Å². The Morgan fingerprint density at radius 1 is 1.26 bits per heavy atom. The van der Waals surface area contributed by atoms with Crippen LogP contribution < -0.4 is 4.46 Å². The number of hydrogen-bond acceptors (Lipinski definition) is 3. The maximum absolute atomic E-state index is 14.4. The molecule has 1 saturated carbocycles. The van der Waals surface area contributed by atoms with E-state index < -0.39 is 18.9 Å². The number of benzene rings is 1. The van der Waals surface area contributed by atoms with E-state index in [1.807, 2.05) is 30.3 Å². The van der Waals surface area contributed by atoms with Crippen LogP contribution in [0, 0.1) is 0 Å². The molecule has 1 atom stereocenters. The Morgan fingerprint density at radius 2 is 1.91 bits per heavy atom. The van der Waals surface area contributed by atoms with Crippen molar-refractivity contribution in [3.8, 4) is 0 Å². The van der Waals surface area contributed by atoms with E-state index in [1.165, 1.54) is 0 Å². The van der Waals surface area contributed by atoms with Crippen LogP contribution in [0.25, 0.3) is 0 Å². The quantitative estimate of drug-likeness (QED) is 0.558. The number of alkyl halides is 2. The average molecular weight is 407 g/mol. The Labute approximate surface area is 141 Å². The van der Waals surface area contributed by atoms with Gasteiger partial charge in [-0.2, -0.15) is 0 Å². The van der Waals surface area contributed by atoms with E-state index in [-0.39, 0.29) is 21.6 Å². The van der Waals surface area contributed by atoms with E-state index in [0.717, 1.165) is 23.4 Å². The van der Waals surface area contributed by atoms with E-state index in [9.17, 15) is 13.3 Å². The van der Waals surface area contributed by atoms with Gasteiger partial charge in [0.25, 0.3) is 0 Å². The third-order valence-corrected chi connectivity index (χ3v) is 8.70. The monoisotopic (exact) mass is 408 g/mol. The van der Waals surface area contributed by atoms with E-state index in [1.54, 1.807) is 6.92 Å². The van der Waals surface area contributed by atoms with E-state index in [4.69, 9.17) is 9.05 Å². The van der Waals surface area contributed by atoms with E-state index in [0.29, 0.717) is 17.3 Å². The molecule has 1 heterocycles. The molecule has 1 spiro atoms. The third-order valence-electron chi connectivity index (χ3n) is 4.10. The molecule has 23 heavy (non-hydrogen) atoms. The zero-order valence-electron chi connectivity index (χ0n) is 12.8. The maximum atomic E-state index is 14.4.